The van der Waals surface area contributed by atoms with Crippen LogP contribution >= 0.6 is 11.6 Å². The fraction of sp³-hybridized carbons (Fsp3) is 0.588. The average Bonchev–Trinajstić information content (AvgIpc) is 2.40. The van der Waals surface area contributed by atoms with Crippen LogP contribution in [0.5, 0.6) is 5.75 Å². The molecule has 4 saturated carbocycles. The third-order valence-corrected chi connectivity index (χ3v) is 5.86. The highest BCUT2D eigenvalue weighted by atomic mass is 35.5. The fourth-order valence-corrected chi connectivity index (χ4v) is 5.44. The summed E-state index contributed by atoms with van der Waals surface area (Å²) in [5.41, 5.74) is 0.322. The van der Waals surface area contributed by atoms with Crippen LogP contribution in [0, 0.1) is 17.8 Å². The van der Waals surface area contributed by atoms with E-state index in [4.69, 9.17) is 11.6 Å². The Balaban J connectivity index is 1.47. The lowest BCUT2D eigenvalue weighted by Gasteiger charge is -2.56. The number of halogens is 1. The summed E-state index contributed by atoms with van der Waals surface area (Å²) in [5, 5.41) is 16.3. The number of urea groups is 1. The monoisotopic (exact) mass is 320 g/mol. The van der Waals surface area contributed by atoms with Gasteiger partial charge >= 0.3 is 6.03 Å². The highest BCUT2D eigenvalue weighted by molar-refractivity contribution is 6.31. The molecule has 4 aliphatic rings. The van der Waals surface area contributed by atoms with Gasteiger partial charge in [0.15, 0.2) is 0 Å². The van der Waals surface area contributed by atoms with E-state index in [-0.39, 0.29) is 17.3 Å². The number of phenolic OH excluding ortho intramolecular Hbond substituents is 1. The summed E-state index contributed by atoms with van der Waals surface area (Å²) in [4.78, 5) is 12.4. The predicted octanol–water partition coefficient (Wildman–Crippen LogP) is 4.14. The number of hydrogen-bond acceptors (Lipinski definition) is 2. The van der Waals surface area contributed by atoms with Crippen LogP contribution in [0.25, 0.3) is 0 Å². The first kappa shape index (κ1) is 14.2. The number of benzene rings is 1. The van der Waals surface area contributed by atoms with Crippen molar-refractivity contribution in [3.05, 3.63) is 23.2 Å². The molecule has 3 N–H and O–H groups in total. The van der Waals surface area contributed by atoms with Gasteiger partial charge < -0.3 is 15.7 Å². The highest BCUT2D eigenvalue weighted by Crippen LogP contribution is 2.55. The van der Waals surface area contributed by atoms with E-state index >= 15 is 0 Å². The normalized spacial score (nSPS) is 35.4. The van der Waals surface area contributed by atoms with Crippen LogP contribution < -0.4 is 10.6 Å². The van der Waals surface area contributed by atoms with E-state index in [0.717, 1.165) is 37.0 Å². The van der Waals surface area contributed by atoms with Gasteiger partial charge in [0, 0.05) is 10.6 Å². The summed E-state index contributed by atoms with van der Waals surface area (Å²) in [6, 6.07) is 4.41. The van der Waals surface area contributed by atoms with Gasteiger partial charge in [-0.15, -0.1) is 0 Å². The maximum atomic E-state index is 12.4. The van der Waals surface area contributed by atoms with Crippen molar-refractivity contribution >= 4 is 23.3 Å². The zero-order valence-corrected chi connectivity index (χ0v) is 13.2. The van der Waals surface area contributed by atoms with Crippen molar-refractivity contribution in [1.82, 2.24) is 5.32 Å². The Morgan fingerprint density at radius 3 is 2.32 bits per heavy atom. The summed E-state index contributed by atoms with van der Waals surface area (Å²) in [7, 11) is 0. The van der Waals surface area contributed by atoms with E-state index in [0.29, 0.717) is 10.7 Å². The van der Waals surface area contributed by atoms with Gasteiger partial charge in [-0.05, 0) is 74.5 Å². The molecule has 0 spiro atoms. The molecular weight excluding hydrogens is 300 g/mol. The van der Waals surface area contributed by atoms with Gasteiger partial charge in [-0.3, -0.25) is 0 Å². The standard InChI is InChI=1S/C17H21ClN2O2/c18-13-1-2-15(21)14(6-13)19-16(22)20-17-7-10-3-11(8-17)5-12(4-10)9-17/h1-2,6,10-12,21H,3-5,7-9H2,(H2,19,20,22). The second kappa shape index (κ2) is 5.05. The predicted molar refractivity (Wildman–Crippen MR) is 86.2 cm³/mol. The van der Waals surface area contributed by atoms with E-state index in [9.17, 15) is 9.90 Å². The first-order valence-corrected chi connectivity index (χ1v) is 8.47. The van der Waals surface area contributed by atoms with Gasteiger partial charge in [-0.25, -0.2) is 4.79 Å². The molecule has 1 aromatic rings. The number of carbonyl (C=O) groups excluding carboxylic acids is 1. The quantitative estimate of drug-likeness (QED) is 0.717. The lowest BCUT2D eigenvalue weighted by molar-refractivity contribution is -0.0127. The minimum absolute atomic E-state index is 0.0325. The molecule has 4 fully saturated rings. The van der Waals surface area contributed by atoms with Crippen LogP contribution in [-0.2, 0) is 0 Å². The van der Waals surface area contributed by atoms with Crippen LogP contribution in [0.2, 0.25) is 5.02 Å². The smallest absolute Gasteiger partial charge is 0.319 e. The van der Waals surface area contributed by atoms with Gasteiger partial charge in [0.1, 0.15) is 5.75 Å². The SMILES string of the molecule is O=C(Nc1cc(Cl)ccc1O)NC12CC3CC(CC(C3)C1)C2. The van der Waals surface area contributed by atoms with E-state index < -0.39 is 0 Å². The zero-order valence-electron chi connectivity index (χ0n) is 12.4. The Hall–Kier alpha value is -1.42. The van der Waals surface area contributed by atoms with E-state index in [1.807, 2.05) is 0 Å². The lowest BCUT2D eigenvalue weighted by atomic mass is 9.53. The largest absolute Gasteiger partial charge is 0.506 e. The molecule has 0 aromatic heterocycles. The number of carbonyl (C=O) groups is 1. The van der Waals surface area contributed by atoms with Crippen molar-refractivity contribution in [2.45, 2.75) is 44.1 Å². The van der Waals surface area contributed by atoms with E-state index in [1.165, 1.54) is 25.3 Å². The Morgan fingerprint density at radius 2 is 1.73 bits per heavy atom. The molecule has 2 amide bonds. The Morgan fingerprint density at radius 1 is 1.14 bits per heavy atom. The van der Waals surface area contributed by atoms with Crippen molar-refractivity contribution in [2.24, 2.45) is 17.8 Å². The van der Waals surface area contributed by atoms with E-state index in [2.05, 4.69) is 10.6 Å². The third kappa shape index (κ3) is 2.54. The number of rotatable bonds is 2. The summed E-state index contributed by atoms with van der Waals surface area (Å²) >= 11 is 5.92. The number of amides is 2. The highest BCUT2D eigenvalue weighted by Gasteiger charge is 2.51. The minimum atomic E-state index is -0.237. The third-order valence-electron chi connectivity index (χ3n) is 5.62. The Bertz CT molecular complexity index is 581. The summed E-state index contributed by atoms with van der Waals surface area (Å²) in [6.45, 7) is 0. The van der Waals surface area contributed by atoms with Crippen LogP contribution in [-0.4, -0.2) is 16.7 Å². The van der Waals surface area contributed by atoms with Gasteiger partial charge in [-0.2, -0.15) is 0 Å². The molecule has 22 heavy (non-hydrogen) atoms. The molecule has 0 heterocycles. The maximum Gasteiger partial charge on any atom is 0.319 e. The number of hydrogen-bond donors (Lipinski definition) is 3. The van der Waals surface area contributed by atoms with Crippen LogP contribution in [0.1, 0.15) is 38.5 Å². The molecule has 5 heteroatoms. The summed E-state index contributed by atoms with van der Waals surface area (Å²) in [5.74, 6) is 2.38. The Labute approximate surface area is 135 Å². The summed E-state index contributed by atoms with van der Waals surface area (Å²) in [6.07, 6.45) is 7.35. The molecule has 0 saturated heterocycles. The Kier molecular flexibility index (Phi) is 3.26. The first-order chi connectivity index (χ1) is 10.5. The number of nitrogens with one attached hydrogen (secondary N) is 2. The number of anilines is 1. The van der Waals surface area contributed by atoms with Crippen molar-refractivity contribution in [3.8, 4) is 5.75 Å². The van der Waals surface area contributed by atoms with Crippen molar-refractivity contribution in [1.29, 1.82) is 0 Å². The minimum Gasteiger partial charge on any atom is -0.506 e. The second-order valence-electron chi connectivity index (χ2n) is 7.44. The van der Waals surface area contributed by atoms with Gasteiger partial charge in [0.25, 0.3) is 0 Å². The van der Waals surface area contributed by atoms with Crippen LogP contribution in [0.15, 0.2) is 18.2 Å². The molecule has 0 unspecified atom stereocenters. The average molecular weight is 321 g/mol. The molecule has 118 valence electrons. The number of phenols is 1. The molecule has 0 atom stereocenters. The zero-order chi connectivity index (χ0) is 15.3. The van der Waals surface area contributed by atoms with Crippen molar-refractivity contribution < 1.29 is 9.90 Å². The van der Waals surface area contributed by atoms with E-state index in [1.54, 1.807) is 12.1 Å². The van der Waals surface area contributed by atoms with Crippen molar-refractivity contribution in [2.75, 3.05) is 5.32 Å². The lowest BCUT2D eigenvalue weighted by Crippen LogP contribution is -2.60. The molecule has 0 aliphatic heterocycles. The van der Waals surface area contributed by atoms with Crippen LogP contribution in [0.4, 0.5) is 10.5 Å². The van der Waals surface area contributed by atoms with Gasteiger partial charge in [-0.1, -0.05) is 11.6 Å². The topological polar surface area (TPSA) is 61.4 Å². The maximum absolute atomic E-state index is 12.4. The molecular formula is C17H21ClN2O2. The second-order valence-corrected chi connectivity index (χ2v) is 7.87. The molecule has 4 nitrogen and oxygen atoms in total. The first-order valence-electron chi connectivity index (χ1n) is 8.09. The molecule has 4 bridgehead atoms. The summed E-state index contributed by atoms with van der Waals surface area (Å²) < 4.78 is 0. The number of aromatic hydroxyl groups is 1. The molecule has 0 radical (unpaired) electrons. The van der Waals surface area contributed by atoms with Crippen molar-refractivity contribution in [3.63, 3.8) is 0 Å². The molecule has 4 aliphatic carbocycles. The van der Waals surface area contributed by atoms with Gasteiger partial charge in [0.2, 0.25) is 0 Å². The van der Waals surface area contributed by atoms with Crippen LogP contribution in [0.3, 0.4) is 0 Å². The fourth-order valence-electron chi connectivity index (χ4n) is 5.27. The van der Waals surface area contributed by atoms with Gasteiger partial charge in [0.05, 0.1) is 5.69 Å². The molecule has 5 rings (SSSR count). The molecule has 1 aromatic carbocycles.